The number of benzene rings is 1. The monoisotopic (exact) mass is 377 g/mol. The first kappa shape index (κ1) is 18.3. The van der Waals surface area contributed by atoms with Crippen LogP contribution in [0.3, 0.4) is 0 Å². The molecule has 0 amide bonds. The predicted octanol–water partition coefficient (Wildman–Crippen LogP) is 5.40. The molecule has 0 saturated carbocycles. The Labute approximate surface area is 141 Å². The maximum absolute atomic E-state index is 6.33. The number of hydrogen-bond acceptors (Lipinski definition) is 2. The van der Waals surface area contributed by atoms with Crippen molar-refractivity contribution in [2.45, 2.75) is 39.7 Å². The van der Waals surface area contributed by atoms with Crippen LogP contribution in [0.4, 0.5) is 0 Å². The topological polar surface area (TPSA) is 12.0 Å². The third-order valence-electron chi connectivity index (χ3n) is 2.93. The molecule has 0 saturated heterocycles. The molecule has 0 aliphatic rings. The van der Waals surface area contributed by atoms with Gasteiger partial charge in [0.15, 0.2) is 0 Å². The molecule has 0 aliphatic heterocycles. The summed E-state index contributed by atoms with van der Waals surface area (Å²) >= 11 is 11.8. The van der Waals surface area contributed by atoms with E-state index in [2.05, 4.69) is 54.2 Å². The first-order valence-corrected chi connectivity index (χ1v) is 9.60. The Bertz CT molecular complexity index is 398. The van der Waals surface area contributed by atoms with Crippen molar-refractivity contribution in [2.75, 3.05) is 18.1 Å². The number of hydrogen-bond donors (Lipinski definition) is 1. The summed E-state index contributed by atoms with van der Waals surface area (Å²) in [5.74, 6) is 3.12. The molecule has 1 rings (SSSR count). The van der Waals surface area contributed by atoms with E-state index in [9.17, 15) is 0 Å². The van der Waals surface area contributed by atoms with Crippen molar-refractivity contribution in [1.29, 1.82) is 0 Å². The summed E-state index contributed by atoms with van der Waals surface area (Å²) < 4.78 is 1.04. The summed E-state index contributed by atoms with van der Waals surface area (Å²) in [5.41, 5.74) is 1.23. The fourth-order valence-electron chi connectivity index (χ4n) is 1.94. The third-order valence-corrected chi connectivity index (χ3v) is 5.32. The highest BCUT2D eigenvalue weighted by Crippen LogP contribution is 2.23. The van der Waals surface area contributed by atoms with E-state index in [1.165, 1.54) is 17.7 Å². The molecule has 1 N–H and O–H groups in total. The minimum atomic E-state index is 0.498. The smallest absolute Gasteiger partial charge is 0.0449 e. The van der Waals surface area contributed by atoms with E-state index in [-0.39, 0.29) is 0 Å². The van der Waals surface area contributed by atoms with Crippen LogP contribution in [0.2, 0.25) is 5.02 Å². The lowest BCUT2D eigenvalue weighted by Gasteiger charge is -2.19. The quantitative estimate of drug-likeness (QED) is 0.617. The van der Waals surface area contributed by atoms with Gasteiger partial charge in [-0.1, -0.05) is 54.4 Å². The van der Waals surface area contributed by atoms with Gasteiger partial charge < -0.3 is 5.32 Å². The Morgan fingerprint density at radius 1 is 1.30 bits per heavy atom. The van der Waals surface area contributed by atoms with Crippen LogP contribution < -0.4 is 5.32 Å². The van der Waals surface area contributed by atoms with Gasteiger partial charge in [-0.15, -0.1) is 0 Å². The Hall–Kier alpha value is 0.300. The van der Waals surface area contributed by atoms with E-state index in [0.717, 1.165) is 34.1 Å². The van der Waals surface area contributed by atoms with Gasteiger partial charge in [0, 0.05) is 21.3 Å². The third kappa shape index (κ3) is 7.35. The van der Waals surface area contributed by atoms with E-state index >= 15 is 0 Å². The maximum Gasteiger partial charge on any atom is 0.0449 e. The minimum Gasteiger partial charge on any atom is -0.313 e. The van der Waals surface area contributed by atoms with E-state index in [0.29, 0.717) is 6.04 Å². The van der Waals surface area contributed by atoms with Crippen LogP contribution in [-0.2, 0) is 6.42 Å². The number of nitrogens with one attached hydrogen (secondary N) is 1. The number of thioether (sulfide) groups is 1. The fourth-order valence-corrected chi connectivity index (χ4v) is 3.82. The Morgan fingerprint density at radius 2 is 2.05 bits per heavy atom. The van der Waals surface area contributed by atoms with Crippen LogP contribution in [0.25, 0.3) is 0 Å². The van der Waals surface area contributed by atoms with Gasteiger partial charge in [0.05, 0.1) is 0 Å². The van der Waals surface area contributed by atoms with Crippen LogP contribution in [0.1, 0.15) is 32.8 Å². The van der Waals surface area contributed by atoms with E-state index < -0.39 is 0 Å². The molecule has 1 atom stereocenters. The van der Waals surface area contributed by atoms with E-state index in [4.69, 9.17) is 11.6 Å². The highest BCUT2D eigenvalue weighted by molar-refractivity contribution is 9.10. The lowest BCUT2D eigenvalue weighted by molar-refractivity contribution is 0.549. The zero-order valence-electron chi connectivity index (χ0n) is 12.6. The molecule has 1 aromatic carbocycles. The Kier molecular flexibility index (Phi) is 9.26. The van der Waals surface area contributed by atoms with Crippen molar-refractivity contribution in [3.05, 3.63) is 33.3 Å². The molecule has 4 heteroatoms. The number of rotatable bonds is 9. The summed E-state index contributed by atoms with van der Waals surface area (Å²) in [5, 5.41) is 4.50. The van der Waals surface area contributed by atoms with Gasteiger partial charge in [0.25, 0.3) is 0 Å². The van der Waals surface area contributed by atoms with Gasteiger partial charge in [0.1, 0.15) is 0 Å². The summed E-state index contributed by atoms with van der Waals surface area (Å²) in [6.07, 6.45) is 2.16. The van der Waals surface area contributed by atoms with Crippen molar-refractivity contribution >= 4 is 39.3 Å². The lowest BCUT2D eigenvalue weighted by atomic mass is 10.1. The molecule has 0 fully saturated rings. The van der Waals surface area contributed by atoms with Crippen LogP contribution in [0, 0.1) is 5.92 Å². The zero-order chi connectivity index (χ0) is 15.0. The van der Waals surface area contributed by atoms with Crippen molar-refractivity contribution in [1.82, 2.24) is 5.32 Å². The first-order chi connectivity index (χ1) is 9.52. The van der Waals surface area contributed by atoms with E-state index in [1.807, 2.05) is 17.8 Å². The van der Waals surface area contributed by atoms with Gasteiger partial charge in [-0.25, -0.2) is 0 Å². The Morgan fingerprint density at radius 3 is 2.65 bits per heavy atom. The molecule has 1 aromatic rings. The average Bonchev–Trinajstić information content (AvgIpc) is 2.38. The van der Waals surface area contributed by atoms with Gasteiger partial charge in [-0.2, -0.15) is 11.8 Å². The van der Waals surface area contributed by atoms with Crippen LogP contribution in [0.5, 0.6) is 0 Å². The zero-order valence-corrected chi connectivity index (χ0v) is 15.7. The number of halogens is 2. The highest BCUT2D eigenvalue weighted by atomic mass is 79.9. The van der Waals surface area contributed by atoms with Crippen molar-refractivity contribution in [3.63, 3.8) is 0 Å². The van der Waals surface area contributed by atoms with Gasteiger partial charge in [-0.3, -0.25) is 0 Å². The second kappa shape index (κ2) is 10.1. The summed E-state index contributed by atoms with van der Waals surface area (Å²) in [6.45, 7) is 7.82. The maximum atomic E-state index is 6.33. The molecule has 0 spiro atoms. The molecule has 20 heavy (non-hydrogen) atoms. The molecular weight excluding hydrogens is 354 g/mol. The van der Waals surface area contributed by atoms with Crippen LogP contribution in [0.15, 0.2) is 22.7 Å². The highest BCUT2D eigenvalue weighted by Gasteiger charge is 2.12. The fraction of sp³-hybridized carbons (Fsp3) is 0.625. The predicted molar refractivity (Wildman–Crippen MR) is 97.1 cm³/mol. The van der Waals surface area contributed by atoms with Crippen LogP contribution >= 0.6 is 39.3 Å². The van der Waals surface area contributed by atoms with Gasteiger partial charge >= 0.3 is 0 Å². The van der Waals surface area contributed by atoms with Crippen LogP contribution in [-0.4, -0.2) is 24.1 Å². The lowest BCUT2D eigenvalue weighted by Crippen LogP contribution is -2.34. The largest absolute Gasteiger partial charge is 0.313 e. The van der Waals surface area contributed by atoms with Crippen molar-refractivity contribution < 1.29 is 0 Å². The normalized spacial score (nSPS) is 12.9. The molecule has 0 aromatic heterocycles. The molecular formula is C16H25BrClNS. The molecule has 0 bridgehead atoms. The molecule has 1 unspecified atom stereocenters. The van der Waals surface area contributed by atoms with Gasteiger partial charge in [-0.05, 0) is 48.8 Å². The first-order valence-electron chi connectivity index (χ1n) is 7.28. The average molecular weight is 379 g/mol. The second-order valence-corrected chi connectivity index (χ2v) is 7.92. The molecule has 0 radical (unpaired) electrons. The van der Waals surface area contributed by atoms with Crippen molar-refractivity contribution in [2.24, 2.45) is 5.92 Å². The molecule has 0 aliphatic carbocycles. The standard InChI is InChI=1S/C16H25BrClNS/c1-4-7-19-15(11-20-10-12(2)3)8-13-5-6-14(17)9-16(13)18/h5-6,9,12,15,19H,4,7-8,10-11H2,1-3H3. The van der Waals surface area contributed by atoms with Crippen molar-refractivity contribution in [3.8, 4) is 0 Å². The Balaban J connectivity index is 2.58. The second-order valence-electron chi connectivity index (χ2n) is 5.52. The molecule has 0 heterocycles. The molecule has 1 nitrogen and oxygen atoms in total. The van der Waals surface area contributed by atoms with Gasteiger partial charge in [0.2, 0.25) is 0 Å². The summed E-state index contributed by atoms with van der Waals surface area (Å²) in [7, 11) is 0. The minimum absolute atomic E-state index is 0.498. The summed E-state index contributed by atoms with van der Waals surface area (Å²) in [6, 6.07) is 6.67. The summed E-state index contributed by atoms with van der Waals surface area (Å²) in [4.78, 5) is 0. The molecule has 114 valence electrons. The van der Waals surface area contributed by atoms with E-state index in [1.54, 1.807) is 0 Å². The SMILES string of the molecule is CCCNC(CSCC(C)C)Cc1ccc(Br)cc1Cl.